The number of pyridine rings is 1. The molecule has 3 nitrogen and oxygen atoms in total. The number of benzene rings is 1. The van der Waals surface area contributed by atoms with Crippen LogP contribution in [-0.4, -0.2) is 10.1 Å². The average molecular weight is 214 g/mol. The summed E-state index contributed by atoms with van der Waals surface area (Å²) in [5.74, 6) is -1.14. The van der Waals surface area contributed by atoms with Gasteiger partial charge in [0.1, 0.15) is 0 Å². The third-order valence-corrected chi connectivity index (χ3v) is 2.18. The van der Waals surface area contributed by atoms with Crippen LogP contribution in [0.25, 0.3) is 10.9 Å². The molecule has 1 heterocycles. The maximum Gasteiger partial charge on any atom is 0.290 e. The van der Waals surface area contributed by atoms with E-state index in [1.165, 1.54) is 18.2 Å². The molecule has 0 spiro atoms. The van der Waals surface area contributed by atoms with Gasteiger partial charge < -0.3 is 10.1 Å². The molecule has 0 bridgehead atoms. The number of H-pyrrole nitrogens is 1. The Bertz CT molecular complexity index is 564. The van der Waals surface area contributed by atoms with Gasteiger partial charge in [-0.15, -0.1) is 0 Å². The molecule has 0 amide bonds. The summed E-state index contributed by atoms with van der Waals surface area (Å²) in [4.78, 5) is 13.2. The molecule has 0 saturated carbocycles. The SMILES string of the molecule is O=c1[nH]c2c(F)c(Cl)ccc2cc1O. The van der Waals surface area contributed by atoms with Crippen LogP contribution in [0.1, 0.15) is 0 Å². The monoisotopic (exact) mass is 213 g/mol. The number of hydrogen-bond acceptors (Lipinski definition) is 2. The number of aromatic hydroxyl groups is 1. The van der Waals surface area contributed by atoms with Gasteiger partial charge in [-0.25, -0.2) is 4.39 Å². The second-order valence-electron chi connectivity index (χ2n) is 2.81. The van der Waals surface area contributed by atoms with Crippen LogP contribution in [0.3, 0.4) is 0 Å². The van der Waals surface area contributed by atoms with E-state index < -0.39 is 17.1 Å². The molecule has 0 atom stereocenters. The normalized spacial score (nSPS) is 10.7. The minimum atomic E-state index is -0.737. The van der Waals surface area contributed by atoms with Crippen molar-refractivity contribution in [1.29, 1.82) is 0 Å². The quantitative estimate of drug-likeness (QED) is 0.704. The zero-order valence-corrected chi connectivity index (χ0v) is 7.60. The van der Waals surface area contributed by atoms with E-state index in [2.05, 4.69) is 4.98 Å². The van der Waals surface area contributed by atoms with Crippen molar-refractivity contribution in [2.75, 3.05) is 0 Å². The standard InChI is InChI=1S/C9H5ClFNO2/c10-5-2-1-4-3-6(13)9(14)12-8(4)7(5)11/h1-3,13H,(H,12,14). The van der Waals surface area contributed by atoms with E-state index in [4.69, 9.17) is 16.7 Å². The molecule has 72 valence electrons. The number of aromatic nitrogens is 1. The van der Waals surface area contributed by atoms with E-state index in [-0.39, 0.29) is 10.5 Å². The summed E-state index contributed by atoms with van der Waals surface area (Å²) >= 11 is 5.52. The fourth-order valence-electron chi connectivity index (χ4n) is 1.20. The van der Waals surface area contributed by atoms with Gasteiger partial charge >= 0.3 is 0 Å². The van der Waals surface area contributed by atoms with Crippen molar-refractivity contribution in [3.63, 3.8) is 0 Å². The topological polar surface area (TPSA) is 53.1 Å². The van der Waals surface area contributed by atoms with E-state index in [0.717, 1.165) is 0 Å². The Hall–Kier alpha value is -1.55. The van der Waals surface area contributed by atoms with E-state index in [9.17, 15) is 9.18 Å². The zero-order valence-electron chi connectivity index (χ0n) is 6.84. The Morgan fingerprint density at radius 2 is 2.14 bits per heavy atom. The van der Waals surface area contributed by atoms with Crippen molar-refractivity contribution in [3.05, 3.63) is 39.4 Å². The van der Waals surface area contributed by atoms with Crippen LogP contribution < -0.4 is 5.56 Å². The first-order chi connectivity index (χ1) is 6.59. The summed E-state index contributed by atoms with van der Waals surface area (Å²) in [5.41, 5.74) is -0.737. The number of hydrogen-bond donors (Lipinski definition) is 2. The van der Waals surface area contributed by atoms with Gasteiger partial charge in [0.15, 0.2) is 11.6 Å². The molecular weight excluding hydrogens is 209 g/mol. The largest absolute Gasteiger partial charge is 0.503 e. The highest BCUT2D eigenvalue weighted by molar-refractivity contribution is 6.31. The molecule has 2 aromatic rings. The average Bonchev–Trinajstić information content (AvgIpc) is 2.15. The highest BCUT2D eigenvalue weighted by Crippen LogP contribution is 2.23. The second-order valence-corrected chi connectivity index (χ2v) is 3.22. The third kappa shape index (κ3) is 1.24. The van der Waals surface area contributed by atoms with Gasteiger partial charge in [-0.05, 0) is 12.1 Å². The molecule has 5 heteroatoms. The molecule has 2 N–H and O–H groups in total. The second kappa shape index (κ2) is 2.99. The number of fused-ring (bicyclic) bond motifs is 1. The molecule has 0 unspecified atom stereocenters. The molecule has 14 heavy (non-hydrogen) atoms. The van der Waals surface area contributed by atoms with Crippen molar-refractivity contribution < 1.29 is 9.50 Å². The fourth-order valence-corrected chi connectivity index (χ4v) is 1.36. The Morgan fingerprint density at radius 3 is 2.86 bits per heavy atom. The lowest BCUT2D eigenvalue weighted by molar-refractivity contribution is 0.468. The summed E-state index contributed by atoms with van der Waals surface area (Å²) < 4.78 is 13.3. The molecule has 0 aliphatic rings. The van der Waals surface area contributed by atoms with Crippen LogP contribution in [0, 0.1) is 5.82 Å². The molecule has 1 aromatic carbocycles. The lowest BCUT2D eigenvalue weighted by Crippen LogP contribution is -2.05. The van der Waals surface area contributed by atoms with Gasteiger partial charge in [-0.1, -0.05) is 17.7 Å². The first-order valence-electron chi connectivity index (χ1n) is 3.79. The number of rotatable bonds is 0. The van der Waals surface area contributed by atoms with Crippen LogP contribution >= 0.6 is 11.6 Å². The first kappa shape index (κ1) is 9.02. The number of aromatic amines is 1. The third-order valence-electron chi connectivity index (χ3n) is 1.89. The van der Waals surface area contributed by atoms with Gasteiger partial charge in [0.05, 0.1) is 10.5 Å². The lowest BCUT2D eigenvalue weighted by Gasteiger charge is -2.01. The van der Waals surface area contributed by atoms with Gasteiger partial charge in [0.2, 0.25) is 0 Å². The molecule has 1 aromatic heterocycles. The molecule has 2 rings (SSSR count). The van der Waals surface area contributed by atoms with Gasteiger partial charge in [0.25, 0.3) is 5.56 Å². The molecular formula is C9H5ClFNO2. The Labute approximate surface area is 82.8 Å². The van der Waals surface area contributed by atoms with E-state index in [1.807, 2.05) is 0 Å². The van der Waals surface area contributed by atoms with Crippen molar-refractivity contribution >= 4 is 22.5 Å². The number of halogens is 2. The maximum atomic E-state index is 13.3. The van der Waals surface area contributed by atoms with Crippen LogP contribution in [-0.2, 0) is 0 Å². The van der Waals surface area contributed by atoms with Crippen LogP contribution in [0.15, 0.2) is 23.0 Å². The highest BCUT2D eigenvalue weighted by Gasteiger charge is 2.08. The summed E-state index contributed by atoms with van der Waals surface area (Å²) in [7, 11) is 0. The summed E-state index contributed by atoms with van der Waals surface area (Å²) in [6.45, 7) is 0. The van der Waals surface area contributed by atoms with E-state index in [1.54, 1.807) is 0 Å². The van der Waals surface area contributed by atoms with Crippen LogP contribution in [0.4, 0.5) is 4.39 Å². The maximum absolute atomic E-state index is 13.3. The minimum absolute atomic E-state index is 0.000278. The Kier molecular flexibility index (Phi) is 1.93. The first-order valence-corrected chi connectivity index (χ1v) is 4.17. The Morgan fingerprint density at radius 1 is 1.43 bits per heavy atom. The van der Waals surface area contributed by atoms with Crippen LogP contribution in [0.2, 0.25) is 5.02 Å². The van der Waals surface area contributed by atoms with Gasteiger partial charge in [0, 0.05) is 5.39 Å². The van der Waals surface area contributed by atoms with E-state index in [0.29, 0.717) is 5.39 Å². The summed E-state index contributed by atoms with van der Waals surface area (Å²) in [5, 5.41) is 9.40. The highest BCUT2D eigenvalue weighted by atomic mass is 35.5. The minimum Gasteiger partial charge on any atom is -0.503 e. The lowest BCUT2D eigenvalue weighted by atomic mass is 10.2. The Balaban J connectivity index is 2.97. The number of nitrogens with one attached hydrogen (secondary N) is 1. The smallest absolute Gasteiger partial charge is 0.290 e. The molecule has 0 radical (unpaired) electrons. The van der Waals surface area contributed by atoms with E-state index >= 15 is 0 Å². The van der Waals surface area contributed by atoms with Gasteiger partial charge in [-0.2, -0.15) is 0 Å². The molecule has 0 aliphatic carbocycles. The van der Waals surface area contributed by atoms with Crippen LogP contribution in [0.5, 0.6) is 5.75 Å². The van der Waals surface area contributed by atoms with Crippen molar-refractivity contribution in [2.24, 2.45) is 0 Å². The zero-order chi connectivity index (χ0) is 10.3. The fraction of sp³-hybridized carbons (Fsp3) is 0. The van der Waals surface area contributed by atoms with Crippen molar-refractivity contribution in [2.45, 2.75) is 0 Å². The predicted molar refractivity (Wildman–Crippen MR) is 51.2 cm³/mol. The predicted octanol–water partition coefficient (Wildman–Crippen LogP) is 2.03. The molecule has 0 aliphatic heterocycles. The summed E-state index contributed by atoms with van der Waals surface area (Å²) in [6, 6.07) is 4.06. The summed E-state index contributed by atoms with van der Waals surface area (Å²) in [6.07, 6.45) is 0. The van der Waals surface area contributed by atoms with Gasteiger partial charge in [-0.3, -0.25) is 4.79 Å². The van der Waals surface area contributed by atoms with Crippen molar-refractivity contribution in [1.82, 2.24) is 4.98 Å². The molecule has 0 saturated heterocycles. The van der Waals surface area contributed by atoms with Crippen molar-refractivity contribution in [3.8, 4) is 5.75 Å². The molecule has 0 fully saturated rings.